The van der Waals surface area contributed by atoms with Crippen LogP contribution < -0.4 is 5.73 Å². The van der Waals surface area contributed by atoms with Gasteiger partial charge >= 0.3 is 0 Å². The normalized spacial score (nSPS) is 25.9. The highest BCUT2D eigenvalue weighted by molar-refractivity contribution is 6.29. The van der Waals surface area contributed by atoms with E-state index < -0.39 is 5.54 Å². The topological polar surface area (TPSA) is 59.1 Å². The van der Waals surface area contributed by atoms with Crippen molar-refractivity contribution >= 4 is 11.6 Å². The summed E-state index contributed by atoms with van der Waals surface area (Å²) in [7, 11) is 0. The summed E-state index contributed by atoms with van der Waals surface area (Å²) in [6.45, 7) is -0.0384. The monoisotopic (exact) mass is 212 g/mol. The number of pyridine rings is 1. The number of aliphatic hydroxyl groups excluding tert-OH is 1. The Balaban J connectivity index is 2.50. The molecule has 0 amide bonds. The third-order valence-corrected chi connectivity index (χ3v) is 3.05. The summed E-state index contributed by atoms with van der Waals surface area (Å²) in [5.41, 5.74) is 7.53. The predicted octanol–water partition coefficient (Wildman–Crippen LogP) is 1.22. The van der Waals surface area contributed by atoms with Crippen LogP contribution in [0, 0.1) is 0 Å². The molecule has 1 aliphatic carbocycles. The molecule has 0 saturated heterocycles. The lowest BCUT2D eigenvalue weighted by molar-refractivity contribution is 0.178. The van der Waals surface area contributed by atoms with E-state index in [-0.39, 0.29) is 6.61 Å². The van der Waals surface area contributed by atoms with Gasteiger partial charge in [-0.2, -0.15) is 0 Å². The smallest absolute Gasteiger partial charge is 0.129 e. The van der Waals surface area contributed by atoms with Crippen molar-refractivity contribution in [1.82, 2.24) is 4.98 Å². The lowest BCUT2D eigenvalue weighted by atomic mass is 9.79. The fourth-order valence-electron chi connectivity index (χ4n) is 2.02. The molecule has 1 aromatic rings. The fourth-order valence-corrected chi connectivity index (χ4v) is 2.20. The molecule has 1 aromatic heterocycles. The van der Waals surface area contributed by atoms with Gasteiger partial charge in [-0.3, -0.25) is 0 Å². The quantitative estimate of drug-likeness (QED) is 0.689. The van der Waals surface area contributed by atoms with Crippen LogP contribution in [0.5, 0.6) is 0 Å². The molecule has 1 atom stereocenters. The largest absolute Gasteiger partial charge is 0.394 e. The number of aryl methyl sites for hydroxylation is 1. The Morgan fingerprint density at radius 3 is 3.14 bits per heavy atom. The first-order valence-electron chi connectivity index (χ1n) is 4.70. The van der Waals surface area contributed by atoms with Crippen LogP contribution in [-0.2, 0) is 12.0 Å². The van der Waals surface area contributed by atoms with E-state index in [4.69, 9.17) is 17.3 Å². The second-order valence-electron chi connectivity index (χ2n) is 3.83. The molecule has 14 heavy (non-hydrogen) atoms. The number of nitrogens with two attached hydrogens (primary N) is 1. The Kier molecular flexibility index (Phi) is 2.47. The number of fused-ring (bicyclic) bond motifs is 1. The number of aliphatic hydroxyl groups is 1. The van der Waals surface area contributed by atoms with Crippen LogP contribution in [0.4, 0.5) is 0 Å². The standard InChI is InChI=1S/C10H13ClN2O/c11-9-4-7-2-1-3-10(12,6-14)8(7)5-13-9/h4-5,14H,1-3,6,12H2. The highest BCUT2D eigenvalue weighted by Gasteiger charge is 2.32. The van der Waals surface area contributed by atoms with Crippen LogP contribution in [-0.4, -0.2) is 16.7 Å². The van der Waals surface area contributed by atoms with Gasteiger partial charge in [0.25, 0.3) is 0 Å². The summed E-state index contributed by atoms with van der Waals surface area (Å²) in [4.78, 5) is 4.01. The predicted molar refractivity (Wildman–Crippen MR) is 55.1 cm³/mol. The van der Waals surface area contributed by atoms with Crippen molar-refractivity contribution in [3.05, 3.63) is 28.5 Å². The summed E-state index contributed by atoms with van der Waals surface area (Å²) in [5.74, 6) is 0. The van der Waals surface area contributed by atoms with Gasteiger partial charge in [-0.1, -0.05) is 11.6 Å². The molecule has 0 aromatic carbocycles. The number of rotatable bonds is 1. The van der Waals surface area contributed by atoms with E-state index in [2.05, 4.69) is 4.98 Å². The molecule has 76 valence electrons. The molecule has 4 heteroatoms. The van der Waals surface area contributed by atoms with Crippen molar-refractivity contribution in [1.29, 1.82) is 0 Å². The Morgan fingerprint density at radius 1 is 1.64 bits per heavy atom. The van der Waals surface area contributed by atoms with Crippen molar-refractivity contribution < 1.29 is 5.11 Å². The minimum absolute atomic E-state index is 0.0384. The van der Waals surface area contributed by atoms with Gasteiger partial charge in [0, 0.05) is 6.20 Å². The van der Waals surface area contributed by atoms with Crippen LogP contribution in [0.2, 0.25) is 5.15 Å². The first kappa shape index (κ1) is 9.90. The van der Waals surface area contributed by atoms with E-state index in [0.717, 1.165) is 30.4 Å². The van der Waals surface area contributed by atoms with Crippen LogP contribution >= 0.6 is 11.6 Å². The third-order valence-electron chi connectivity index (χ3n) is 2.84. The van der Waals surface area contributed by atoms with Crippen molar-refractivity contribution in [3.8, 4) is 0 Å². The molecule has 3 nitrogen and oxygen atoms in total. The summed E-state index contributed by atoms with van der Waals surface area (Å²) < 4.78 is 0. The third kappa shape index (κ3) is 1.52. The minimum atomic E-state index is -0.620. The molecule has 1 aliphatic rings. The van der Waals surface area contributed by atoms with Gasteiger partial charge in [0.15, 0.2) is 0 Å². The molecular formula is C10H13ClN2O. The van der Waals surface area contributed by atoms with Gasteiger partial charge in [-0.25, -0.2) is 4.98 Å². The lowest BCUT2D eigenvalue weighted by Crippen LogP contribution is -2.43. The lowest BCUT2D eigenvalue weighted by Gasteiger charge is -2.33. The van der Waals surface area contributed by atoms with E-state index in [1.807, 2.05) is 6.07 Å². The first-order valence-corrected chi connectivity index (χ1v) is 5.08. The van der Waals surface area contributed by atoms with Gasteiger partial charge in [-0.05, 0) is 36.5 Å². The number of hydrogen-bond acceptors (Lipinski definition) is 3. The van der Waals surface area contributed by atoms with E-state index in [9.17, 15) is 5.11 Å². The number of aromatic nitrogens is 1. The van der Waals surface area contributed by atoms with Crippen LogP contribution in [0.3, 0.4) is 0 Å². The minimum Gasteiger partial charge on any atom is -0.394 e. The highest BCUT2D eigenvalue weighted by atomic mass is 35.5. The molecule has 2 rings (SSSR count). The van der Waals surface area contributed by atoms with Gasteiger partial charge in [0.1, 0.15) is 5.15 Å². The zero-order valence-electron chi connectivity index (χ0n) is 7.83. The summed E-state index contributed by atoms with van der Waals surface area (Å²) in [6.07, 6.45) is 4.45. The molecule has 0 fully saturated rings. The van der Waals surface area contributed by atoms with Crippen molar-refractivity contribution in [3.63, 3.8) is 0 Å². The second-order valence-corrected chi connectivity index (χ2v) is 4.22. The maximum Gasteiger partial charge on any atom is 0.129 e. The van der Waals surface area contributed by atoms with E-state index in [1.54, 1.807) is 6.20 Å². The molecule has 0 aliphatic heterocycles. The summed E-state index contributed by atoms with van der Waals surface area (Å²) in [5, 5.41) is 9.77. The summed E-state index contributed by atoms with van der Waals surface area (Å²) >= 11 is 5.80. The Labute approximate surface area is 87.9 Å². The van der Waals surface area contributed by atoms with Gasteiger partial charge < -0.3 is 10.8 Å². The average Bonchev–Trinajstić information content (AvgIpc) is 2.18. The molecule has 1 unspecified atom stereocenters. The molecule has 0 spiro atoms. The number of halogens is 1. The molecule has 1 heterocycles. The van der Waals surface area contributed by atoms with Gasteiger partial charge in [0.05, 0.1) is 12.1 Å². The molecule has 3 N–H and O–H groups in total. The Bertz CT molecular complexity index is 356. The van der Waals surface area contributed by atoms with Gasteiger partial charge in [-0.15, -0.1) is 0 Å². The number of hydrogen-bond donors (Lipinski definition) is 2. The van der Waals surface area contributed by atoms with E-state index in [0.29, 0.717) is 5.15 Å². The molecular weight excluding hydrogens is 200 g/mol. The zero-order valence-corrected chi connectivity index (χ0v) is 8.59. The van der Waals surface area contributed by atoms with Crippen LogP contribution in [0.15, 0.2) is 12.3 Å². The van der Waals surface area contributed by atoms with Crippen molar-refractivity contribution in [2.24, 2.45) is 5.73 Å². The van der Waals surface area contributed by atoms with Crippen molar-refractivity contribution in [2.75, 3.05) is 6.61 Å². The Morgan fingerprint density at radius 2 is 2.43 bits per heavy atom. The highest BCUT2D eigenvalue weighted by Crippen LogP contribution is 2.33. The first-order chi connectivity index (χ1) is 6.65. The zero-order chi connectivity index (χ0) is 10.2. The molecule has 0 bridgehead atoms. The Hall–Kier alpha value is -0.640. The van der Waals surface area contributed by atoms with Crippen LogP contribution in [0.1, 0.15) is 24.0 Å². The second kappa shape index (κ2) is 3.50. The maximum absolute atomic E-state index is 9.28. The average molecular weight is 213 g/mol. The molecule has 0 saturated carbocycles. The van der Waals surface area contributed by atoms with Crippen LogP contribution in [0.25, 0.3) is 0 Å². The van der Waals surface area contributed by atoms with E-state index in [1.165, 1.54) is 0 Å². The number of nitrogens with zero attached hydrogens (tertiary/aromatic N) is 1. The van der Waals surface area contributed by atoms with Gasteiger partial charge in [0.2, 0.25) is 0 Å². The SMILES string of the molecule is NC1(CO)CCCc2cc(Cl)ncc21. The fraction of sp³-hybridized carbons (Fsp3) is 0.500. The van der Waals surface area contributed by atoms with Crippen molar-refractivity contribution in [2.45, 2.75) is 24.8 Å². The maximum atomic E-state index is 9.28. The summed E-state index contributed by atoms with van der Waals surface area (Å²) in [6, 6.07) is 1.84. The van der Waals surface area contributed by atoms with E-state index >= 15 is 0 Å². The molecule has 0 radical (unpaired) electrons.